The number of hydrogen-bond acceptors (Lipinski definition) is 6. The number of esters is 1. The summed E-state index contributed by atoms with van der Waals surface area (Å²) in [4.78, 5) is 27.1. The summed E-state index contributed by atoms with van der Waals surface area (Å²) in [5.41, 5.74) is 0.802. The summed E-state index contributed by atoms with van der Waals surface area (Å²) in [7, 11) is 3.11. The first-order chi connectivity index (χ1) is 13.1. The summed E-state index contributed by atoms with van der Waals surface area (Å²) < 4.78 is 11.9. The maximum atomic E-state index is 12.4. The van der Waals surface area contributed by atoms with Crippen LogP contribution in [-0.2, 0) is 16.1 Å². The Bertz CT molecular complexity index is 906. The first-order valence-electron chi connectivity index (χ1n) is 8.21. The van der Waals surface area contributed by atoms with Gasteiger partial charge in [-0.2, -0.15) is 5.10 Å². The number of likely N-dealkylation sites (N-methyl/N-ethyl adjacent to an activating group) is 1. The number of methoxy groups -OCH3 is 1. The number of ether oxygens (including phenoxy) is 2. The van der Waals surface area contributed by atoms with Gasteiger partial charge in [0.2, 0.25) is 5.69 Å². The molecule has 0 unspecified atom stereocenters. The van der Waals surface area contributed by atoms with Gasteiger partial charge in [0.1, 0.15) is 0 Å². The average molecular weight is 385 g/mol. The summed E-state index contributed by atoms with van der Waals surface area (Å²) in [6.07, 6.45) is 1.59. The second kappa shape index (κ2) is 8.50. The van der Waals surface area contributed by atoms with Crippen LogP contribution in [0.1, 0.15) is 15.4 Å². The molecule has 1 amide bonds. The van der Waals surface area contributed by atoms with Crippen LogP contribution >= 0.6 is 11.3 Å². The van der Waals surface area contributed by atoms with Crippen LogP contribution in [0.25, 0.3) is 5.69 Å². The number of benzene rings is 1. The summed E-state index contributed by atoms with van der Waals surface area (Å²) in [5, 5.41) is 6.18. The molecule has 0 N–H and O–H groups in total. The van der Waals surface area contributed by atoms with E-state index in [2.05, 4.69) is 5.10 Å². The number of rotatable bonds is 7. The van der Waals surface area contributed by atoms with Crippen molar-refractivity contribution in [2.24, 2.45) is 0 Å². The van der Waals surface area contributed by atoms with Crippen LogP contribution in [-0.4, -0.2) is 47.3 Å². The Hall–Kier alpha value is -3.13. The third-order valence-corrected chi connectivity index (χ3v) is 4.70. The number of thiophene rings is 1. The molecule has 0 aliphatic rings. The van der Waals surface area contributed by atoms with E-state index in [4.69, 9.17) is 9.47 Å². The van der Waals surface area contributed by atoms with Crippen molar-refractivity contribution in [3.63, 3.8) is 0 Å². The molecule has 2 aromatic heterocycles. The Morgan fingerprint density at radius 2 is 1.96 bits per heavy atom. The maximum absolute atomic E-state index is 12.4. The van der Waals surface area contributed by atoms with Gasteiger partial charge in [-0.3, -0.25) is 4.79 Å². The Labute approximate surface area is 160 Å². The second-order valence-corrected chi connectivity index (χ2v) is 6.76. The molecule has 8 heteroatoms. The van der Waals surface area contributed by atoms with Gasteiger partial charge in [-0.1, -0.05) is 24.3 Å². The first kappa shape index (κ1) is 18.7. The molecule has 0 bridgehead atoms. The van der Waals surface area contributed by atoms with Gasteiger partial charge in [0.05, 0.1) is 25.5 Å². The lowest BCUT2D eigenvalue weighted by atomic mass is 10.3. The summed E-state index contributed by atoms with van der Waals surface area (Å²) in [5.74, 6) is -0.721. The van der Waals surface area contributed by atoms with Crippen molar-refractivity contribution in [1.29, 1.82) is 0 Å². The van der Waals surface area contributed by atoms with Crippen LogP contribution < -0.4 is 4.74 Å². The van der Waals surface area contributed by atoms with E-state index in [0.29, 0.717) is 6.54 Å². The van der Waals surface area contributed by atoms with Crippen LogP contribution in [0.4, 0.5) is 0 Å². The molecule has 1 aromatic carbocycles. The zero-order valence-electron chi connectivity index (χ0n) is 15.0. The molecule has 0 saturated carbocycles. The number of hydrogen-bond donors (Lipinski definition) is 0. The van der Waals surface area contributed by atoms with Crippen molar-refractivity contribution in [3.05, 3.63) is 64.6 Å². The molecule has 0 spiro atoms. The van der Waals surface area contributed by atoms with Crippen molar-refractivity contribution >= 4 is 23.2 Å². The van der Waals surface area contributed by atoms with Gasteiger partial charge < -0.3 is 14.4 Å². The smallest absolute Gasteiger partial charge is 0.363 e. The van der Waals surface area contributed by atoms with Crippen molar-refractivity contribution in [2.45, 2.75) is 6.54 Å². The lowest BCUT2D eigenvalue weighted by molar-refractivity contribution is -0.133. The number of carbonyl (C=O) groups is 2. The molecule has 0 fully saturated rings. The third-order valence-electron chi connectivity index (χ3n) is 3.84. The average Bonchev–Trinajstić information content (AvgIpc) is 3.36. The van der Waals surface area contributed by atoms with Crippen LogP contribution in [0, 0.1) is 0 Å². The Kier molecular flexibility index (Phi) is 5.87. The Morgan fingerprint density at radius 1 is 1.19 bits per heavy atom. The molecule has 0 aliphatic carbocycles. The Morgan fingerprint density at radius 3 is 2.63 bits per heavy atom. The van der Waals surface area contributed by atoms with E-state index >= 15 is 0 Å². The summed E-state index contributed by atoms with van der Waals surface area (Å²) in [6.45, 7) is 0.113. The van der Waals surface area contributed by atoms with E-state index in [1.54, 1.807) is 24.6 Å². The molecule has 0 radical (unpaired) electrons. The van der Waals surface area contributed by atoms with Crippen LogP contribution in [0.3, 0.4) is 0 Å². The predicted octanol–water partition coefficient (Wildman–Crippen LogP) is 2.76. The van der Waals surface area contributed by atoms with Gasteiger partial charge in [-0.05, 0) is 23.6 Å². The zero-order chi connectivity index (χ0) is 19.2. The van der Waals surface area contributed by atoms with Crippen molar-refractivity contribution in [1.82, 2.24) is 14.7 Å². The highest BCUT2D eigenvalue weighted by atomic mass is 32.1. The topological polar surface area (TPSA) is 73.7 Å². The quantitative estimate of drug-likeness (QED) is 0.585. The molecule has 140 valence electrons. The lowest BCUT2D eigenvalue weighted by Gasteiger charge is -2.15. The number of carbonyl (C=O) groups excluding carboxylic acids is 2. The van der Waals surface area contributed by atoms with Crippen LogP contribution in [0.15, 0.2) is 54.0 Å². The second-order valence-electron chi connectivity index (χ2n) is 5.73. The highest BCUT2D eigenvalue weighted by Gasteiger charge is 2.21. The van der Waals surface area contributed by atoms with Gasteiger partial charge in [-0.15, -0.1) is 11.3 Å². The van der Waals surface area contributed by atoms with Crippen molar-refractivity contribution in [3.8, 4) is 11.4 Å². The van der Waals surface area contributed by atoms with Crippen molar-refractivity contribution < 1.29 is 19.1 Å². The molecular weight excluding hydrogens is 366 g/mol. The maximum Gasteiger partial charge on any atom is 0.363 e. The first-order valence-corrected chi connectivity index (χ1v) is 9.09. The van der Waals surface area contributed by atoms with Crippen molar-refractivity contribution in [2.75, 3.05) is 20.8 Å². The third kappa shape index (κ3) is 4.53. The molecule has 0 saturated heterocycles. The Balaban J connectivity index is 1.63. The standard InChI is InChI=1S/C19H19N3O4S/c1-21(11-15-9-6-10-27-15)17(23)13-26-19(24)18-16(25-2)12-22(20-18)14-7-4-3-5-8-14/h3-10,12H,11,13H2,1-2H3. The number of amides is 1. The van der Waals surface area contributed by atoms with E-state index in [1.807, 2.05) is 47.8 Å². The molecule has 0 aliphatic heterocycles. The number of para-hydroxylation sites is 1. The predicted molar refractivity (Wildman–Crippen MR) is 101 cm³/mol. The van der Waals surface area contributed by atoms with E-state index < -0.39 is 5.97 Å². The van der Waals surface area contributed by atoms with Gasteiger partial charge in [0.15, 0.2) is 12.4 Å². The number of nitrogens with zero attached hydrogens (tertiary/aromatic N) is 3. The highest BCUT2D eigenvalue weighted by Crippen LogP contribution is 2.20. The summed E-state index contributed by atoms with van der Waals surface area (Å²) in [6, 6.07) is 13.2. The molecular formula is C19H19N3O4S. The summed E-state index contributed by atoms with van der Waals surface area (Å²) >= 11 is 1.56. The molecule has 2 heterocycles. The fourth-order valence-corrected chi connectivity index (χ4v) is 3.15. The highest BCUT2D eigenvalue weighted by molar-refractivity contribution is 7.09. The molecule has 27 heavy (non-hydrogen) atoms. The largest absolute Gasteiger partial charge is 0.493 e. The van der Waals surface area contributed by atoms with Gasteiger partial charge in [-0.25, -0.2) is 9.48 Å². The van der Waals surface area contributed by atoms with E-state index in [0.717, 1.165) is 10.6 Å². The SMILES string of the molecule is COc1cn(-c2ccccc2)nc1C(=O)OCC(=O)N(C)Cc1cccs1. The minimum atomic E-state index is -0.709. The minimum Gasteiger partial charge on any atom is -0.493 e. The molecule has 3 rings (SSSR count). The van der Waals surface area contributed by atoms with E-state index in [1.165, 1.54) is 16.7 Å². The normalized spacial score (nSPS) is 10.4. The monoisotopic (exact) mass is 385 g/mol. The zero-order valence-corrected chi connectivity index (χ0v) is 15.8. The van der Waals surface area contributed by atoms with Crippen LogP contribution in [0.2, 0.25) is 0 Å². The van der Waals surface area contributed by atoms with Crippen LogP contribution in [0.5, 0.6) is 5.75 Å². The van der Waals surface area contributed by atoms with Gasteiger partial charge in [0.25, 0.3) is 5.91 Å². The van der Waals surface area contributed by atoms with E-state index in [-0.39, 0.29) is 24.0 Å². The minimum absolute atomic E-state index is 0.0232. The fraction of sp³-hybridized carbons (Fsp3) is 0.211. The fourth-order valence-electron chi connectivity index (χ4n) is 2.39. The molecule has 7 nitrogen and oxygen atoms in total. The molecule has 3 aromatic rings. The number of aromatic nitrogens is 2. The molecule has 0 atom stereocenters. The van der Waals surface area contributed by atoms with Gasteiger partial charge >= 0.3 is 5.97 Å². The van der Waals surface area contributed by atoms with Gasteiger partial charge in [0, 0.05) is 11.9 Å². The lowest BCUT2D eigenvalue weighted by Crippen LogP contribution is -2.30. The van der Waals surface area contributed by atoms with E-state index in [9.17, 15) is 9.59 Å².